The van der Waals surface area contributed by atoms with Gasteiger partial charge in [-0.25, -0.2) is 0 Å². The van der Waals surface area contributed by atoms with Crippen LogP contribution in [0.15, 0.2) is 48.5 Å². The van der Waals surface area contributed by atoms with Gasteiger partial charge in [0, 0.05) is 13.1 Å². The number of carbonyl (C=O) groups is 2. The zero-order valence-electron chi connectivity index (χ0n) is 16.4. The number of fused-ring (bicyclic) bond motifs is 1. The lowest BCUT2D eigenvalue weighted by Gasteiger charge is -2.35. The fourth-order valence-corrected chi connectivity index (χ4v) is 3.19. The van der Waals surface area contributed by atoms with E-state index in [-0.39, 0.29) is 18.4 Å². The van der Waals surface area contributed by atoms with E-state index < -0.39 is 6.10 Å². The maximum Gasteiger partial charge on any atom is 0.262 e. The molecule has 1 heterocycles. The number of amides is 2. The van der Waals surface area contributed by atoms with Gasteiger partial charge in [-0.15, -0.1) is 0 Å². The number of carbonyl (C=O) groups excluding carboxylic acids is 2. The number of aryl methyl sites for hydroxylation is 1. The molecule has 0 unspecified atom stereocenters. The van der Waals surface area contributed by atoms with Crippen LogP contribution >= 0.6 is 0 Å². The molecule has 2 N–H and O–H groups in total. The topological polar surface area (TPSA) is 70.7 Å². The van der Waals surface area contributed by atoms with Crippen molar-refractivity contribution in [3.8, 4) is 5.75 Å². The smallest absolute Gasteiger partial charge is 0.262 e. The highest BCUT2D eigenvalue weighted by Gasteiger charge is 2.31. The number of rotatable bonds is 7. The van der Waals surface area contributed by atoms with E-state index in [1.807, 2.05) is 67.3 Å². The monoisotopic (exact) mass is 381 g/mol. The van der Waals surface area contributed by atoms with Crippen molar-refractivity contribution < 1.29 is 14.3 Å². The van der Waals surface area contributed by atoms with Crippen molar-refractivity contribution in [1.29, 1.82) is 0 Å². The van der Waals surface area contributed by atoms with Gasteiger partial charge in [0.25, 0.3) is 5.91 Å². The Morgan fingerprint density at radius 1 is 1.11 bits per heavy atom. The number of hydrogen-bond acceptors (Lipinski definition) is 4. The van der Waals surface area contributed by atoms with Gasteiger partial charge in [-0.05, 0) is 36.6 Å². The molecular weight excluding hydrogens is 354 g/mol. The first-order valence-corrected chi connectivity index (χ1v) is 9.68. The van der Waals surface area contributed by atoms with E-state index in [9.17, 15) is 9.59 Å². The van der Waals surface area contributed by atoms with Crippen LogP contribution in [0.3, 0.4) is 0 Å². The Labute approximate surface area is 165 Å². The minimum absolute atomic E-state index is 0.0901. The summed E-state index contributed by atoms with van der Waals surface area (Å²) in [5.74, 6) is 0.381. The Hall–Kier alpha value is -3.02. The molecule has 1 atom stereocenters. The molecule has 1 aliphatic heterocycles. The normalized spacial score (nSPS) is 15.4. The second-order valence-corrected chi connectivity index (χ2v) is 6.95. The molecule has 28 heavy (non-hydrogen) atoms. The predicted molar refractivity (Wildman–Crippen MR) is 109 cm³/mol. The van der Waals surface area contributed by atoms with Crippen LogP contribution in [-0.2, 0) is 16.1 Å². The second kappa shape index (κ2) is 9.26. The largest absolute Gasteiger partial charge is 0.477 e. The highest BCUT2D eigenvalue weighted by molar-refractivity contribution is 5.86. The molecule has 0 bridgehead atoms. The van der Waals surface area contributed by atoms with E-state index in [0.29, 0.717) is 25.4 Å². The Morgan fingerprint density at radius 2 is 1.86 bits per heavy atom. The van der Waals surface area contributed by atoms with Crippen LogP contribution in [0.5, 0.6) is 5.75 Å². The second-order valence-electron chi connectivity index (χ2n) is 6.95. The van der Waals surface area contributed by atoms with Gasteiger partial charge >= 0.3 is 0 Å². The summed E-state index contributed by atoms with van der Waals surface area (Å²) < 4.78 is 5.86. The highest BCUT2D eigenvalue weighted by Crippen LogP contribution is 2.32. The standard InChI is InChI=1S/C22H27N3O3/c1-3-12-23-22(27)20-14-25(18-10-6-7-11-19(18)28-20)15-21(26)24-13-17-9-5-4-8-16(17)2/h4-11,20H,3,12-15H2,1-2H3,(H,23,27)(H,24,26)/t20-/m0/s1. The highest BCUT2D eigenvalue weighted by atomic mass is 16.5. The summed E-state index contributed by atoms with van der Waals surface area (Å²) in [5.41, 5.74) is 3.07. The molecule has 1 aliphatic rings. The summed E-state index contributed by atoms with van der Waals surface area (Å²) in [6.07, 6.45) is 0.227. The molecular formula is C22H27N3O3. The summed E-state index contributed by atoms with van der Waals surface area (Å²) >= 11 is 0. The number of hydrogen-bond donors (Lipinski definition) is 2. The number of ether oxygens (including phenoxy) is 1. The summed E-state index contributed by atoms with van der Waals surface area (Å²) in [6, 6.07) is 15.5. The van der Waals surface area contributed by atoms with Gasteiger partial charge < -0.3 is 20.3 Å². The first-order chi connectivity index (χ1) is 13.6. The van der Waals surface area contributed by atoms with E-state index in [1.165, 1.54) is 0 Å². The van der Waals surface area contributed by atoms with Crippen LogP contribution < -0.4 is 20.3 Å². The number of benzene rings is 2. The first kappa shape index (κ1) is 19.7. The van der Waals surface area contributed by atoms with Crippen molar-refractivity contribution in [3.63, 3.8) is 0 Å². The van der Waals surface area contributed by atoms with E-state index in [0.717, 1.165) is 23.2 Å². The Morgan fingerprint density at radius 3 is 2.64 bits per heavy atom. The fourth-order valence-electron chi connectivity index (χ4n) is 3.19. The van der Waals surface area contributed by atoms with Crippen LogP contribution in [-0.4, -0.2) is 37.6 Å². The molecule has 0 fully saturated rings. The molecule has 2 aromatic rings. The zero-order chi connectivity index (χ0) is 19.9. The van der Waals surface area contributed by atoms with Crippen LogP contribution in [0.1, 0.15) is 24.5 Å². The van der Waals surface area contributed by atoms with Crippen molar-refractivity contribution >= 4 is 17.5 Å². The third-order valence-electron chi connectivity index (χ3n) is 4.77. The molecule has 0 aromatic heterocycles. The summed E-state index contributed by atoms with van der Waals surface area (Å²) in [7, 11) is 0. The van der Waals surface area contributed by atoms with Gasteiger partial charge in [-0.1, -0.05) is 43.3 Å². The molecule has 0 radical (unpaired) electrons. The maximum atomic E-state index is 12.6. The van der Waals surface area contributed by atoms with E-state index in [2.05, 4.69) is 10.6 Å². The van der Waals surface area contributed by atoms with Crippen molar-refractivity contribution in [2.45, 2.75) is 32.9 Å². The number of para-hydroxylation sites is 2. The minimum atomic E-state index is -0.634. The van der Waals surface area contributed by atoms with Gasteiger partial charge in [0.2, 0.25) is 5.91 Å². The Kier molecular flexibility index (Phi) is 6.53. The molecule has 0 saturated heterocycles. The number of anilines is 1. The van der Waals surface area contributed by atoms with Crippen LogP contribution in [0.2, 0.25) is 0 Å². The molecule has 6 heteroatoms. The third-order valence-corrected chi connectivity index (χ3v) is 4.77. The summed E-state index contributed by atoms with van der Waals surface area (Å²) in [6.45, 7) is 5.63. The van der Waals surface area contributed by atoms with Gasteiger partial charge in [0.1, 0.15) is 5.75 Å². The van der Waals surface area contributed by atoms with Crippen molar-refractivity contribution in [2.75, 3.05) is 24.5 Å². The van der Waals surface area contributed by atoms with Gasteiger partial charge in [0.05, 0.1) is 18.8 Å². The molecule has 2 aromatic carbocycles. The lowest BCUT2D eigenvalue weighted by atomic mass is 10.1. The third kappa shape index (κ3) is 4.82. The molecule has 6 nitrogen and oxygen atoms in total. The molecule has 0 saturated carbocycles. The van der Waals surface area contributed by atoms with Crippen molar-refractivity contribution in [3.05, 3.63) is 59.7 Å². The zero-order valence-corrected chi connectivity index (χ0v) is 16.4. The molecule has 0 spiro atoms. The van der Waals surface area contributed by atoms with Crippen LogP contribution in [0, 0.1) is 6.92 Å². The van der Waals surface area contributed by atoms with Gasteiger partial charge in [0.15, 0.2) is 6.10 Å². The summed E-state index contributed by atoms with van der Waals surface area (Å²) in [5, 5.41) is 5.84. The van der Waals surface area contributed by atoms with Crippen molar-refractivity contribution in [2.24, 2.45) is 0 Å². The molecule has 2 amide bonds. The van der Waals surface area contributed by atoms with E-state index in [1.54, 1.807) is 0 Å². The lowest BCUT2D eigenvalue weighted by Crippen LogP contribution is -2.51. The lowest BCUT2D eigenvalue weighted by molar-refractivity contribution is -0.128. The molecule has 0 aliphatic carbocycles. The minimum Gasteiger partial charge on any atom is -0.477 e. The molecule has 148 valence electrons. The average molecular weight is 381 g/mol. The number of nitrogens with one attached hydrogen (secondary N) is 2. The Bertz CT molecular complexity index is 837. The first-order valence-electron chi connectivity index (χ1n) is 9.68. The van der Waals surface area contributed by atoms with E-state index >= 15 is 0 Å². The van der Waals surface area contributed by atoms with Gasteiger partial charge in [-0.2, -0.15) is 0 Å². The van der Waals surface area contributed by atoms with Crippen molar-refractivity contribution in [1.82, 2.24) is 10.6 Å². The fraction of sp³-hybridized carbons (Fsp3) is 0.364. The maximum absolute atomic E-state index is 12.6. The molecule has 3 rings (SSSR count). The summed E-state index contributed by atoms with van der Waals surface area (Å²) in [4.78, 5) is 26.8. The number of nitrogens with zero attached hydrogens (tertiary/aromatic N) is 1. The predicted octanol–water partition coefficient (Wildman–Crippen LogP) is 2.41. The quantitative estimate of drug-likeness (QED) is 0.773. The Balaban J connectivity index is 1.66. The van der Waals surface area contributed by atoms with Crippen LogP contribution in [0.25, 0.3) is 0 Å². The van der Waals surface area contributed by atoms with Crippen LogP contribution in [0.4, 0.5) is 5.69 Å². The SMILES string of the molecule is CCCNC(=O)[C@@H]1CN(CC(=O)NCc2ccccc2C)c2ccccc2O1. The van der Waals surface area contributed by atoms with E-state index in [4.69, 9.17) is 4.74 Å². The van der Waals surface area contributed by atoms with Gasteiger partial charge in [-0.3, -0.25) is 9.59 Å². The average Bonchev–Trinajstić information content (AvgIpc) is 2.71.